The maximum Gasteiger partial charge on any atom is 0.251 e. The van der Waals surface area contributed by atoms with E-state index in [1.54, 1.807) is 19.2 Å². The number of methoxy groups -OCH3 is 1. The quantitative estimate of drug-likeness (QED) is 0.284. The topological polar surface area (TPSA) is 95.0 Å². The van der Waals surface area contributed by atoms with E-state index in [2.05, 4.69) is 16.0 Å². The summed E-state index contributed by atoms with van der Waals surface area (Å²) in [7, 11) is 1.74. The first-order valence-corrected chi connectivity index (χ1v) is 9.67. The number of hydrogen-bond donors (Lipinski definition) is 4. The molecule has 0 bridgehead atoms. The smallest absolute Gasteiger partial charge is 0.251 e. The van der Waals surface area contributed by atoms with Crippen molar-refractivity contribution in [3.8, 4) is 5.75 Å². The van der Waals surface area contributed by atoms with Crippen LogP contribution in [0.1, 0.15) is 43.0 Å². The van der Waals surface area contributed by atoms with Crippen LogP contribution in [0.25, 0.3) is 0 Å². The molecule has 4 N–H and O–H groups in total. The molecule has 0 atom stereocenters. The molecule has 2 rings (SSSR count). The fourth-order valence-electron chi connectivity index (χ4n) is 3.14. The van der Waals surface area contributed by atoms with Gasteiger partial charge in [-0.2, -0.15) is 0 Å². The van der Waals surface area contributed by atoms with Crippen LogP contribution in [0.15, 0.2) is 29.3 Å². The predicted molar refractivity (Wildman–Crippen MR) is 107 cm³/mol. The average Bonchev–Trinajstić information content (AvgIpc) is 2.64. The summed E-state index contributed by atoms with van der Waals surface area (Å²) in [6.45, 7) is 5.47. The standard InChI is InChI=1S/C20H32N4O3/c1-3-21-19(24-15-20(9-4-10-20)11-14-27-2)23-13-12-22-18(26)16-5-7-17(25)8-6-16/h5-8,25H,3-4,9-15H2,1-2H3,(H,22,26)(H2,21,23,24). The number of guanidine groups is 1. The zero-order chi connectivity index (χ0) is 19.5. The highest BCUT2D eigenvalue weighted by Crippen LogP contribution is 2.44. The third-order valence-electron chi connectivity index (χ3n) is 5.00. The molecule has 27 heavy (non-hydrogen) atoms. The molecule has 0 aromatic heterocycles. The van der Waals surface area contributed by atoms with Crippen molar-refractivity contribution in [1.82, 2.24) is 16.0 Å². The van der Waals surface area contributed by atoms with Gasteiger partial charge in [-0.25, -0.2) is 0 Å². The maximum absolute atomic E-state index is 12.1. The number of nitrogens with one attached hydrogen (secondary N) is 3. The Bertz CT molecular complexity index is 612. The van der Waals surface area contributed by atoms with Gasteiger partial charge in [0.1, 0.15) is 5.75 Å². The number of aliphatic imine (C=N–C) groups is 1. The van der Waals surface area contributed by atoms with Crippen molar-refractivity contribution < 1.29 is 14.6 Å². The molecule has 1 aliphatic rings. The van der Waals surface area contributed by atoms with Crippen LogP contribution in [0.4, 0.5) is 0 Å². The molecule has 0 radical (unpaired) electrons. The van der Waals surface area contributed by atoms with Gasteiger partial charge in [0.15, 0.2) is 5.96 Å². The molecule has 1 aromatic rings. The Kier molecular flexibility index (Phi) is 8.39. The first-order valence-electron chi connectivity index (χ1n) is 9.67. The molecule has 0 heterocycles. The first-order chi connectivity index (χ1) is 13.1. The first kappa shape index (κ1) is 21.0. The van der Waals surface area contributed by atoms with Gasteiger partial charge < -0.3 is 25.8 Å². The van der Waals surface area contributed by atoms with Crippen LogP contribution in [0, 0.1) is 5.41 Å². The molecule has 7 heteroatoms. The van der Waals surface area contributed by atoms with Crippen LogP contribution < -0.4 is 16.0 Å². The normalized spacial score (nSPS) is 15.7. The van der Waals surface area contributed by atoms with Crippen molar-refractivity contribution in [2.24, 2.45) is 10.4 Å². The minimum atomic E-state index is -0.160. The van der Waals surface area contributed by atoms with E-state index in [4.69, 9.17) is 9.73 Å². The Hall–Kier alpha value is -2.28. The minimum absolute atomic E-state index is 0.148. The van der Waals surface area contributed by atoms with Crippen LogP contribution in [0.5, 0.6) is 5.75 Å². The van der Waals surface area contributed by atoms with E-state index in [9.17, 15) is 9.90 Å². The van der Waals surface area contributed by atoms with Crippen LogP contribution >= 0.6 is 0 Å². The van der Waals surface area contributed by atoms with Crippen LogP contribution in [0.2, 0.25) is 0 Å². The molecule has 0 spiro atoms. The van der Waals surface area contributed by atoms with Gasteiger partial charge in [-0.3, -0.25) is 9.79 Å². The predicted octanol–water partition coefficient (Wildman–Crippen LogP) is 1.88. The molecule has 1 amide bonds. The summed E-state index contributed by atoms with van der Waals surface area (Å²) in [5.74, 6) is 0.765. The highest BCUT2D eigenvalue weighted by Gasteiger charge is 2.36. The number of carbonyl (C=O) groups is 1. The number of phenols is 1. The summed E-state index contributed by atoms with van der Waals surface area (Å²) in [5.41, 5.74) is 0.810. The number of phenolic OH excluding ortho intramolecular Hbond substituents is 1. The van der Waals surface area contributed by atoms with Crippen molar-refractivity contribution in [2.45, 2.75) is 32.6 Å². The van der Waals surface area contributed by atoms with Gasteiger partial charge in [0.05, 0.1) is 0 Å². The SMILES string of the molecule is CCNC(=NCC1(CCOC)CCC1)NCCNC(=O)c1ccc(O)cc1. The molecular weight excluding hydrogens is 344 g/mol. The Balaban J connectivity index is 1.76. The van der Waals surface area contributed by atoms with E-state index in [1.165, 1.54) is 31.4 Å². The lowest BCUT2D eigenvalue weighted by molar-refractivity contribution is 0.0778. The van der Waals surface area contributed by atoms with E-state index < -0.39 is 0 Å². The lowest BCUT2D eigenvalue weighted by atomic mass is 9.67. The fourth-order valence-corrected chi connectivity index (χ4v) is 3.14. The summed E-state index contributed by atoms with van der Waals surface area (Å²) < 4.78 is 5.24. The van der Waals surface area contributed by atoms with Crippen LogP contribution in [0.3, 0.4) is 0 Å². The van der Waals surface area contributed by atoms with Crippen molar-refractivity contribution in [3.05, 3.63) is 29.8 Å². The molecule has 1 aromatic carbocycles. The van der Waals surface area contributed by atoms with Gasteiger partial charge in [-0.15, -0.1) is 0 Å². The van der Waals surface area contributed by atoms with E-state index in [1.807, 2.05) is 6.92 Å². The van der Waals surface area contributed by atoms with Crippen LogP contribution in [-0.4, -0.2) is 56.9 Å². The molecule has 1 fully saturated rings. The van der Waals surface area contributed by atoms with E-state index in [-0.39, 0.29) is 17.1 Å². The van der Waals surface area contributed by atoms with Gasteiger partial charge in [0, 0.05) is 45.5 Å². The number of nitrogens with zero attached hydrogens (tertiary/aromatic N) is 1. The monoisotopic (exact) mass is 376 g/mol. The second kappa shape index (κ2) is 10.8. The Morgan fingerprint density at radius 3 is 2.48 bits per heavy atom. The average molecular weight is 377 g/mol. The number of hydrogen-bond acceptors (Lipinski definition) is 4. The van der Waals surface area contributed by atoms with Gasteiger partial charge in [-0.1, -0.05) is 6.42 Å². The van der Waals surface area contributed by atoms with E-state index in [0.29, 0.717) is 18.7 Å². The number of amides is 1. The minimum Gasteiger partial charge on any atom is -0.508 e. The number of rotatable bonds is 10. The van der Waals surface area contributed by atoms with E-state index >= 15 is 0 Å². The van der Waals surface area contributed by atoms with Gasteiger partial charge in [0.25, 0.3) is 5.91 Å². The third-order valence-corrected chi connectivity index (χ3v) is 5.00. The third kappa shape index (κ3) is 6.75. The second-order valence-corrected chi connectivity index (χ2v) is 7.02. The zero-order valence-corrected chi connectivity index (χ0v) is 16.4. The second-order valence-electron chi connectivity index (χ2n) is 7.02. The zero-order valence-electron chi connectivity index (χ0n) is 16.4. The summed E-state index contributed by atoms with van der Waals surface area (Å²) in [6, 6.07) is 6.20. The number of benzene rings is 1. The largest absolute Gasteiger partial charge is 0.508 e. The van der Waals surface area contributed by atoms with Crippen molar-refractivity contribution in [2.75, 3.05) is 39.9 Å². The molecule has 0 saturated heterocycles. The van der Waals surface area contributed by atoms with E-state index in [0.717, 1.165) is 32.1 Å². The highest BCUT2D eigenvalue weighted by atomic mass is 16.5. The van der Waals surface area contributed by atoms with Crippen molar-refractivity contribution in [1.29, 1.82) is 0 Å². The lowest BCUT2D eigenvalue weighted by Crippen LogP contribution is -2.43. The number of carbonyl (C=O) groups excluding carboxylic acids is 1. The summed E-state index contributed by atoms with van der Waals surface area (Å²) in [4.78, 5) is 16.8. The molecule has 150 valence electrons. The van der Waals surface area contributed by atoms with Crippen LogP contribution in [-0.2, 0) is 4.74 Å². The highest BCUT2D eigenvalue weighted by molar-refractivity contribution is 5.94. The summed E-state index contributed by atoms with van der Waals surface area (Å²) in [6.07, 6.45) is 4.74. The van der Waals surface area contributed by atoms with Gasteiger partial charge >= 0.3 is 0 Å². The molecule has 1 saturated carbocycles. The summed E-state index contributed by atoms with van der Waals surface area (Å²) in [5, 5.41) is 18.6. The molecule has 0 aliphatic heterocycles. The number of ether oxygens (including phenoxy) is 1. The van der Waals surface area contributed by atoms with Crippen molar-refractivity contribution >= 4 is 11.9 Å². The van der Waals surface area contributed by atoms with Gasteiger partial charge in [0.2, 0.25) is 0 Å². The Morgan fingerprint density at radius 2 is 1.89 bits per heavy atom. The molecule has 7 nitrogen and oxygen atoms in total. The molecular formula is C20H32N4O3. The Morgan fingerprint density at radius 1 is 1.19 bits per heavy atom. The lowest BCUT2D eigenvalue weighted by Gasteiger charge is -2.40. The maximum atomic E-state index is 12.1. The van der Waals surface area contributed by atoms with Crippen molar-refractivity contribution in [3.63, 3.8) is 0 Å². The summed E-state index contributed by atoms with van der Waals surface area (Å²) >= 11 is 0. The number of aromatic hydroxyl groups is 1. The fraction of sp³-hybridized carbons (Fsp3) is 0.600. The molecule has 1 aliphatic carbocycles. The Labute approximate surface area is 161 Å². The van der Waals surface area contributed by atoms with Gasteiger partial charge in [-0.05, 0) is 55.9 Å². The molecule has 0 unspecified atom stereocenters.